The Morgan fingerprint density at radius 3 is 2.62 bits per heavy atom. The maximum Gasteiger partial charge on any atom is 0.252 e. The Morgan fingerprint density at radius 2 is 2.00 bits per heavy atom. The Kier molecular flexibility index (Phi) is 2.54. The molecule has 2 bridgehead atoms. The lowest BCUT2D eigenvalue weighted by Crippen LogP contribution is -2.27. The van der Waals surface area contributed by atoms with Gasteiger partial charge in [0.05, 0.1) is 0 Å². The molecular weight excluding hydrogens is 290 g/mol. The molecule has 3 fully saturated rings. The van der Waals surface area contributed by atoms with Gasteiger partial charge in [0.25, 0.3) is 5.56 Å². The van der Waals surface area contributed by atoms with Crippen LogP contribution in [0, 0.1) is 11.8 Å². The van der Waals surface area contributed by atoms with E-state index in [1.807, 2.05) is 0 Å². The third kappa shape index (κ3) is 1.91. The topological polar surface area (TPSA) is 81.9 Å². The summed E-state index contributed by atoms with van der Waals surface area (Å²) < 4.78 is 25.0. The number of aromatic nitrogens is 3. The van der Waals surface area contributed by atoms with Crippen LogP contribution in [0.1, 0.15) is 25.3 Å². The van der Waals surface area contributed by atoms with Crippen molar-refractivity contribution in [2.24, 2.45) is 11.8 Å². The Labute approximate surface area is 121 Å². The summed E-state index contributed by atoms with van der Waals surface area (Å²) in [6.45, 7) is 0. The maximum atomic E-state index is 12.3. The predicted octanol–water partition coefficient (Wildman–Crippen LogP) is 1.17. The van der Waals surface area contributed by atoms with E-state index in [1.54, 1.807) is 10.6 Å². The van der Waals surface area contributed by atoms with Gasteiger partial charge in [0.1, 0.15) is 5.65 Å². The number of nitrogens with zero attached hydrogens (tertiary/aromatic N) is 3. The minimum absolute atomic E-state index is 0.113. The van der Waals surface area contributed by atoms with E-state index < -0.39 is 9.84 Å². The molecule has 110 valence electrons. The lowest BCUT2D eigenvalue weighted by Gasteiger charge is -2.25. The van der Waals surface area contributed by atoms with E-state index in [9.17, 15) is 13.2 Å². The molecule has 1 atom stereocenters. The van der Waals surface area contributed by atoms with Gasteiger partial charge in [0, 0.05) is 29.9 Å². The third-order valence-corrected chi connectivity index (χ3v) is 5.56. The summed E-state index contributed by atoms with van der Waals surface area (Å²) >= 11 is 0. The number of fused-ring (bicyclic) bond motifs is 2. The molecule has 0 radical (unpaired) electrons. The van der Waals surface area contributed by atoms with Gasteiger partial charge in [0.15, 0.2) is 0 Å². The molecule has 0 N–H and O–H groups in total. The number of pyridine rings is 1. The Bertz CT molecular complexity index is 897. The van der Waals surface area contributed by atoms with E-state index in [-0.39, 0.29) is 16.8 Å². The standard InChI is InChI=1S/C14H15N3O3S/c1-21(19,20)14-15-7-9-2-3-12(18)17(13(9)16-14)11-6-8-4-10(11)5-8/h2-3,7-8,10-11H,4-6H2,1H3. The average molecular weight is 305 g/mol. The average Bonchev–Trinajstić information content (AvgIpc) is 2.96. The van der Waals surface area contributed by atoms with Crippen LogP contribution in [0.2, 0.25) is 0 Å². The Balaban J connectivity index is 1.99. The highest BCUT2D eigenvalue weighted by Gasteiger charge is 2.45. The minimum atomic E-state index is -3.49. The van der Waals surface area contributed by atoms with Crippen LogP contribution in [0.4, 0.5) is 0 Å². The summed E-state index contributed by atoms with van der Waals surface area (Å²) in [5.74, 6) is 1.23. The predicted molar refractivity (Wildman–Crippen MR) is 76.8 cm³/mol. The first kappa shape index (κ1) is 12.9. The second kappa shape index (κ2) is 4.13. The van der Waals surface area contributed by atoms with Gasteiger partial charge in [-0.2, -0.15) is 4.98 Å². The molecule has 7 heteroatoms. The van der Waals surface area contributed by atoms with Crippen molar-refractivity contribution in [2.45, 2.75) is 30.5 Å². The Morgan fingerprint density at radius 1 is 1.24 bits per heavy atom. The highest BCUT2D eigenvalue weighted by atomic mass is 32.2. The van der Waals surface area contributed by atoms with Gasteiger partial charge < -0.3 is 0 Å². The van der Waals surface area contributed by atoms with E-state index in [2.05, 4.69) is 9.97 Å². The molecule has 3 saturated carbocycles. The summed E-state index contributed by atoms with van der Waals surface area (Å²) in [7, 11) is -3.49. The van der Waals surface area contributed by atoms with Gasteiger partial charge in [0.2, 0.25) is 15.0 Å². The second-order valence-electron chi connectivity index (χ2n) is 6.15. The summed E-state index contributed by atoms with van der Waals surface area (Å²) in [6.07, 6.45) is 5.87. The van der Waals surface area contributed by atoms with Gasteiger partial charge in [-0.3, -0.25) is 9.36 Å². The molecule has 6 nitrogen and oxygen atoms in total. The maximum absolute atomic E-state index is 12.3. The fourth-order valence-corrected chi connectivity index (χ4v) is 4.16. The Hall–Kier alpha value is -1.76. The SMILES string of the molecule is CS(=O)(=O)c1ncc2ccc(=O)n(C3CC4CC3C4)c2n1. The summed E-state index contributed by atoms with van der Waals surface area (Å²) in [4.78, 5) is 20.4. The molecule has 0 aromatic carbocycles. The molecule has 2 aromatic rings. The van der Waals surface area contributed by atoms with E-state index >= 15 is 0 Å². The molecule has 0 saturated heterocycles. The van der Waals surface area contributed by atoms with Crippen molar-refractivity contribution >= 4 is 20.9 Å². The number of hydrogen-bond acceptors (Lipinski definition) is 5. The highest BCUT2D eigenvalue weighted by molar-refractivity contribution is 7.90. The third-order valence-electron chi connectivity index (χ3n) is 4.70. The smallest absolute Gasteiger partial charge is 0.252 e. The van der Waals surface area contributed by atoms with Crippen LogP contribution in [-0.2, 0) is 9.84 Å². The van der Waals surface area contributed by atoms with Crippen molar-refractivity contribution in [1.29, 1.82) is 0 Å². The van der Waals surface area contributed by atoms with Crippen LogP contribution in [0.3, 0.4) is 0 Å². The largest absolute Gasteiger partial charge is 0.289 e. The van der Waals surface area contributed by atoms with Crippen LogP contribution in [-0.4, -0.2) is 29.2 Å². The number of rotatable bonds is 2. The molecule has 3 aliphatic rings. The normalized spacial score (nSPS) is 27.8. The van der Waals surface area contributed by atoms with Crippen LogP contribution >= 0.6 is 0 Å². The lowest BCUT2D eigenvalue weighted by molar-refractivity contribution is 0.274. The van der Waals surface area contributed by atoms with Gasteiger partial charge in [-0.25, -0.2) is 13.4 Å². The van der Waals surface area contributed by atoms with Crippen LogP contribution in [0.25, 0.3) is 11.0 Å². The van der Waals surface area contributed by atoms with E-state index in [4.69, 9.17) is 0 Å². The summed E-state index contributed by atoms with van der Waals surface area (Å²) in [5, 5.41) is 0.478. The first-order valence-corrected chi connectivity index (χ1v) is 8.91. The molecule has 1 unspecified atom stereocenters. The number of sulfone groups is 1. The van der Waals surface area contributed by atoms with Crippen molar-refractivity contribution in [3.8, 4) is 0 Å². The first-order valence-electron chi connectivity index (χ1n) is 7.02. The van der Waals surface area contributed by atoms with Gasteiger partial charge in [-0.15, -0.1) is 0 Å². The minimum Gasteiger partial charge on any atom is -0.289 e. The zero-order chi connectivity index (χ0) is 14.8. The molecule has 21 heavy (non-hydrogen) atoms. The highest BCUT2D eigenvalue weighted by Crippen LogP contribution is 2.54. The van der Waals surface area contributed by atoms with Gasteiger partial charge in [-0.1, -0.05) is 0 Å². The van der Waals surface area contributed by atoms with Crippen LogP contribution in [0.15, 0.2) is 28.3 Å². The van der Waals surface area contributed by atoms with Crippen molar-refractivity contribution in [1.82, 2.24) is 14.5 Å². The van der Waals surface area contributed by atoms with E-state index in [0.29, 0.717) is 22.9 Å². The van der Waals surface area contributed by atoms with Crippen molar-refractivity contribution < 1.29 is 8.42 Å². The molecule has 2 heterocycles. The molecule has 3 aliphatic carbocycles. The van der Waals surface area contributed by atoms with Crippen LogP contribution in [0.5, 0.6) is 0 Å². The first-order chi connectivity index (χ1) is 9.93. The van der Waals surface area contributed by atoms with E-state index in [0.717, 1.165) is 25.5 Å². The monoisotopic (exact) mass is 305 g/mol. The van der Waals surface area contributed by atoms with Crippen molar-refractivity contribution in [3.05, 3.63) is 28.7 Å². The zero-order valence-electron chi connectivity index (χ0n) is 11.6. The van der Waals surface area contributed by atoms with E-state index in [1.165, 1.54) is 12.3 Å². The van der Waals surface area contributed by atoms with Crippen molar-refractivity contribution in [3.63, 3.8) is 0 Å². The molecule has 0 amide bonds. The second-order valence-corrected chi connectivity index (χ2v) is 8.06. The van der Waals surface area contributed by atoms with Gasteiger partial charge >= 0.3 is 0 Å². The van der Waals surface area contributed by atoms with Crippen LogP contribution < -0.4 is 5.56 Å². The molecule has 0 aliphatic heterocycles. The summed E-state index contributed by atoms with van der Waals surface area (Å²) in [6, 6.07) is 3.31. The molecular formula is C14H15N3O3S. The zero-order valence-corrected chi connectivity index (χ0v) is 12.4. The van der Waals surface area contributed by atoms with Crippen molar-refractivity contribution in [2.75, 3.05) is 6.26 Å². The molecule has 5 rings (SSSR count). The fraction of sp³-hybridized carbons (Fsp3) is 0.500. The lowest BCUT2D eigenvalue weighted by atomic mass is 9.84. The molecule has 0 spiro atoms. The van der Waals surface area contributed by atoms with Gasteiger partial charge in [-0.05, 0) is 37.2 Å². The fourth-order valence-electron chi connectivity index (χ4n) is 3.67. The summed E-state index contributed by atoms with van der Waals surface area (Å²) in [5.41, 5.74) is 0.327. The molecule has 2 aromatic heterocycles. The number of hydrogen-bond donors (Lipinski definition) is 0. The quantitative estimate of drug-likeness (QED) is 0.778.